The molecule has 2 aromatic heterocycles. The minimum atomic E-state index is -1.03. The molecule has 2 aliphatic rings. The van der Waals surface area contributed by atoms with Gasteiger partial charge in [0.05, 0.1) is 22.9 Å². The first-order valence-corrected chi connectivity index (χ1v) is 14.9. The molecular formula is C31H41N3O4S. The molecule has 0 atom stereocenters. The lowest BCUT2D eigenvalue weighted by Gasteiger charge is -2.42. The van der Waals surface area contributed by atoms with E-state index in [4.69, 9.17) is 4.74 Å². The Morgan fingerprint density at radius 1 is 1.10 bits per heavy atom. The number of pyridine rings is 1. The molecule has 0 spiro atoms. The van der Waals surface area contributed by atoms with E-state index in [0.29, 0.717) is 16.5 Å². The van der Waals surface area contributed by atoms with E-state index < -0.39 is 5.97 Å². The molecule has 0 radical (unpaired) electrons. The molecule has 0 saturated heterocycles. The standard InChI is InChI=1S/C31H41N3O4S/c1-21-8-10-22(11-9-21)29(35)34(27-19-26(16-17-31(2,3)4)39-28(27)30(36)37)33(5)23-12-14-24(15-13-23)38-25-7-6-18-32-20-25/h6-7,18-24H,8-15H2,1-5H3,(H,36,37)/t21?,22?,23-,24+. The van der Waals surface area contributed by atoms with Crippen molar-refractivity contribution in [1.29, 1.82) is 0 Å². The summed E-state index contributed by atoms with van der Waals surface area (Å²) in [6, 6.07) is 5.67. The summed E-state index contributed by atoms with van der Waals surface area (Å²) < 4.78 is 6.14. The normalized spacial score (nSPS) is 23.5. The van der Waals surface area contributed by atoms with Gasteiger partial charge in [0.15, 0.2) is 0 Å². The lowest BCUT2D eigenvalue weighted by atomic mass is 9.82. The van der Waals surface area contributed by atoms with Crippen LogP contribution in [-0.4, -0.2) is 46.2 Å². The van der Waals surface area contributed by atoms with Crippen molar-refractivity contribution in [1.82, 2.24) is 9.99 Å². The number of ether oxygens (including phenoxy) is 1. The fraction of sp³-hybridized carbons (Fsp3) is 0.581. The van der Waals surface area contributed by atoms with Gasteiger partial charge in [-0.2, -0.15) is 0 Å². The van der Waals surface area contributed by atoms with Gasteiger partial charge in [0.2, 0.25) is 5.91 Å². The van der Waals surface area contributed by atoms with Crippen LogP contribution in [0.1, 0.15) is 93.6 Å². The number of aromatic nitrogens is 1. The number of carbonyl (C=O) groups excluding carboxylic acids is 1. The Morgan fingerprint density at radius 3 is 2.38 bits per heavy atom. The highest BCUT2D eigenvalue weighted by atomic mass is 32.1. The van der Waals surface area contributed by atoms with E-state index in [1.165, 1.54) is 0 Å². The number of thiophene rings is 1. The van der Waals surface area contributed by atoms with Gasteiger partial charge in [-0.3, -0.25) is 9.78 Å². The first-order chi connectivity index (χ1) is 18.5. The van der Waals surface area contributed by atoms with E-state index in [1.807, 2.05) is 45.0 Å². The zero-order valence-electron chi connectivity index (χ0n) is 23.8. The quantitative estimate of drug-likeness (QED) is 0.307. The monoisotopic (exact) mass is 551 g/mol. The molecule has 4 rings (SSSR count). The number of hydrogen-bond donors (Lipinski definition) is 1. The number of rotatable bonds is 7. The highest BCUT2D eigenvalue weighted by Gasteiger charge is 2.37. The summed E-state index contributed by atoms with van der Waals surface area (Å²) >= 11 is 1.15. The van der Waals surface area contributed by atoms with Gasteiger partial charge in [0.25, 0.3) is 0 Å². The van der Waals surface area contributed by atoms with E-state index >= 15 is 0 Å². The molecular weight excluding hydrogens is 510 g/mol. The molecule has 2 fully saturated rings. The molecule has 7 nitrogen and oxygen atoms in total. The van der Waals surface area contributed by atoms with E-state index in [0.717, 1.165) is 68.5 Å². The third kappa shape index (κ3) is 7.61. The zero-order chi connectivity index (χ0) is 28.2. The summed E-state index contributed by atoms with van der Waals surface area (Å²) in [4.78, 5) is 31.5. The summed E-state index contributed by atoms with van der Waals surface area (Å²) in [6.07, 6.45) is 10.6. The second-order valence-electron chi connectivity index (χ2n) is 12.0. The van der Waals surface area contributed by atoms with Crippen LogP contribution in [0.15, 0.2) is 30.6 Å². The maximum atomic E-state index is 14.1. The van der Waals surface area contributed by atoms with E-state index in [-0.39, 0.29) is 34.3 Å². The minimum Gasteiger partial charge on any atom is -0.489 e. The van der Waals surface area contributed by atoms with Gasteiger partial charge < -0.3 is 9.84 Å². The van der Waals surface area contributed by atoms with E-state index in [9.17, 15) is 14.7 Å². The fourth-order valence-corrected chi connectivity index (χ4v) is 6.27. The summed E-state index contributed by atoms with van der Waals surface area (Å²) in [6.45, 7) is 8.30. The Morgan fingerprint density at radius 2 is 1.79 bits per heavy atom. The van der Waals surface area contributed by atoms with Crippen LogP contribution in [0, 0.1) is 29.1 Å². The Hall–Kier alpha value is -2.89. The molecule has 210 valence electrons. The number of anilines is 1. The third-order valence-corrected chi connectivity index (χ3v) is 8.72. The van der Waals surface area contributed by atoms with Crippen molar-refractivity contribution in [2.24, 2.45) is 17.3 Å². The number of hydrazine groups is 1. The number of nitrogens with zero attached hydrogens (tertiary/aromatic N) is 3. The first kappa shape index (κ1) is 29.1. The topological polar surface area (TPSA) is 83.0 Å². The predicted octanol–water partition coefficient (Wildman–Crippen LogP) is 6.64. The maximum absolute atomic E-state index is 14.1. The van der Waals surface area contributed by atoms with Crippen molar-refractivity contribution >= 4 is 28.9 Å². The van der Waals surface area contributed by atoms with E-state index in [2.05, 4.69) is 23.7 Å². The Labute approximate surface area is 236 Å². The van der Waals surface area contributed by atoms with Gasteiger partial charge in [-0.25, -0.2) is 14.8 Å². The number of aromatic carboxylic acids is 1. The zero-order valence-corrected chi connectivity index (χ0v) is 24.6. The van der Waals surface area contributed by atoms with E-state index in [1.54, 1.807) is 23.5 Å². The number of carboxylic acid groups (broad SMARTS) is 1. The first-order valence-electron chi connectivity index (χ1n) is 14.1. The summed E-state index contributed by atoms with van der Waals surface area (Å²) in [5.41, 5.74) is 0.223. The van der Waals surface area contributed by atoms with Gasteiger partial charge in [0, 0.05) is 30.6 Å². The molecule has 2 heterocycles. The van der Waals surface area contributed by atoms with Crippen molar-refractivity contribution < 1.29 is 19.4 Å². The highest BCUT2D eigenvalue weighted by Crippen LogP contribution is 2.37. The van der Waals surface area contributed by atoms with Crippen LogP contribution in [0.5, 0.6) is 5.75 Å². The van der Waals surface area contributed by atoms with Crippen LogP contribution in [0.3, 0.4) is 0 Å². The van der Waals surface area contributed by atoms with Gasteiger partial charge in [-0.05, 0) is 96.3 Å². The molecule has 2 aromatic rings. The molecule has 8 heteroatoms. The second-order valence-corrected chi connectivity index (χ2v) is 13.1. The maximum Gasteiger partial charge on any atom is 0.348 e. The van der Waals surface area contributed by atoms with Crippen molar-refractivity contribution in [3.05, 3.63) is 40.3 Å². The summed E-state index contributed by atoms with van der Waals surface area (Å²) in [7, 11) is 1.93. The van der Waals surface area contributed by atoms with Crippen molar-refractivity contribution in [2.45, 2.75) is 91.2 Å². The van der Waals surface area contributed by atoms with Gasteiger partial charge in [-0.1, -0.05) is 18.8 Å². The van der Waals surface area contributed by atoms with Crippen LogP contribution >= 0.6 is 11.3 Å². The fourth-order valence-electron chi connectivity index (χ4n) is 5.44. The molecule has 39 heavy (non-hydrogen) atoms. The largest absolute Gasteiger partial charge is 0.489 e. The van der Waals surface area contributed by atoms with Gasteiger partial charge >= 0.3 is 5.97 Å². The SMILES string of the molecule is CC1CCC(C(=O)N(c2cc(C#CC(C)(C)C)sc2C(=O)O)N(C)[C@H]2CC[C@@H](Oc3cccnc3)CC2)CC1. The van der Waals surface area contributed by atoms with Gasteiger partial charge in [0.1, 0.15) is 10.6 Å². The van der Waals surface area contributed by atoms with Crippen LogP contribution in [0.4, 0.5) is 5.69 Å². The molecule has 1 N–H and O–H groups in total. The molecule has 0 aliphatic heterocycles. The number of carbonyl (C=O) groups is 2. The molecule has 0 bridgehead atoms. The summed E-state index contributed by atoms with van der Waals surface area (Å²) in [5, 5.41) is 13.8. The second kappa shape index (κ2) is 12.5. The average molecular weight is 552 g/mol. The average Bonchev–Trinajstić information content (AvgIpc) is 3.33. The molecule has 2 aliphatic carbocycles. The number of hydrogen-bond acceptors (Lipinski definition) is 6. The van der Waals surface area contributed by atoms with Crippen molar-refractivity contribution in [3.8, 4) is 17.6 Å². The predicted molar refractivity (Wildman–Crippen MR) is 155 cm³/mol. The van der Waals surface area contributed by atoms with Crippen molar-refractivity contribution in [2.75, 3.05) is 12.1 Å². The van der Waals surface area contributed by atoms with Crippen LogP contribution in [0.25, 0.3) is 0 Å². The molecule has 0 aromatic carbocycles. The number of amides is 1. The number of carboxylic acids is 1. The molecule has 1 amide bonds. The highest BCUT2D eigenvalue weighted by molar-refractivity contribution is 7.15. The van der Waals surface area contributed by atoms with Crippen LogP contribution < -0.4 is 9.75 Å². The van der Waals surface area contributed by atoms with Crippen LogP contribution in [-0.2, 0) is 4.79 Å². The summed E-state index contributed by atoms with van der Waals surface area (Å²) in [5.74, 6) is 6.59. The lowest BCUT2D eigenvalue weighted by Crippen LogP contribution is -2.53. The van der Waals surface area contributed by atoms with Crippen LogP contribution in [0.2, 0.25) is 0 Å². The molecule has 2 saturated carbocycles. The van der Waals surface area contributed by atoms with Gasteiger partial charge in [-0.15, -0.1) is 11.3 Å². The Kier molecular flexibility index (Phi) is 9.35. The Bertz CT molecular complexity index is 1190. The minimum absolute atomic E-state index is 0.00577. The molecule has 0 unspecified atom stereocenters. The third-order valence-electron chi connectivity index (χ3n) is 7.69. The Balaban J connectivity index is 1.60. The van der Waals surface area contributed by atoms with Crippen molar-refractivity contribution in [3.63, 3.8) is 0 Å². The smallest absolute Gasteiger partial charge is 0.348 e. The lowest BCUT2D eigenvalue weighted by molar-refractivity contribution is -0.127.